The van der Waals surface area contributed by atoms with Gasteiger partial charge in [0, 0.05) is 10.6 Å². The van der Waals surface area contributed by atoms with E-state index in [2.05, 4.69) is 4.98 Å². The molecule has 7 heteroatoms. The molecule has 0 aliphatic rings. The first-order valence-electron chi connectivity index (χ1n) is 4.97. The maximum Gasteiger partial charge on any atom is 0.416 e. The molecule has 0 spiro atoms. The van der Waals surface area contributed by atoms with E-state index in [1.807, 2.05) is 0 Å². The van der Waals surface area contributed by atoms with E-state index in [4.69, 9.17) is 34.8 Å². The van der Waals surface area contributed by atoms with Crippen LogP contribution in [0.15, 0.2) is 30.3 Å². The summed E-state index contributed by atoms with van der Waals surface area (Å²) in [5.74, 6) is 0. The zero-order valence-corrected chi connectivity index (χ0v) is 11.4. The van der Waals surface area contributed by atoms with Gasteiger partial charge >= 0.3 is 6.18 Å². The van der Waals surface area contributed by atoms with Gasteiger partial charge in [0.15, 0.2) is 0 Å². The van der Waals surface area contributed by atoms with Crippen molar-refractivity contribution in [1.29, 1.82) is 0 Å². The monoisotopic (exact) mass is 325 g/mol. The molecule has 1 aromatic carbocycles. The van der Waals surface area contributed by atoms with Gasteiger partial charge in [-0.25, -0.2) is 4.98 Å². The highest BCUT2D eigenvalue weighted by Gasteiger charge is 2.31. The second-order valence-electron chi connectivity index (χ2n) is 3.69. The van der Waals surface area contributed by atoms with E-state index in [0.717, 1.165) is 12.1 Å². The van der Waals surface area contributed by atoms with Crippen LogP contribution < -0.4 is 0 Å². The van der Waals surface area contributed by atoms with Gasteiger partial charge in [-0.1, -0.05) is 34.8 Å². The Hall–Kier alpha value is -0.970. The molecular weight excluding hydrogens is 321 g/mol. The first kappa shape index (κ1) is 14.4. The number of rotatable bonds is 1. The summed E-state index contributed by atoms with van der Waals surface area (Å²) < 4.78 is 38.1. The normalized spacial score (nSPS) is 11.7. The average molecular weight is 327 g/mol. The molecule has 0 aliphatic carbocycles. The fraction of sp³-hybridized carbons (Fsp3) is 0.0833. The Kier molecular flexibility index (Phi) is 3.95. The summed E-state index contributed by atoms with van der Waals surface area (Å²) in [6.07, 6.45) is -4.50. The third-order valence-corrected chi connectivity index (χ3v) is 3.07. The molecule has 0 N–H and O–H groups in total. The summed E-state index contributed by atoms with van der Waals surface area (Å²) in [4.78, 5) is 3.85. The molecule has 100 valence electrons. The second-order valence-corrected chi connectivity index (χ2v) is 4.92. The predicted molar refractivity (Wildman–Crippen MR) is 69.7 cm³/mol. The van der Waals surface area contributed by atoms with Crippen LogP contribution >= 0.6 is 34.8 Å². The van der Waals surface area contributed by atoms with Crippen molar-refractivity contribution in [1.82, 2.24) is 4.98 Å². The Labute approximate surface area is 121 Å². The number of nitrogens with zero attached hydrogens (tertiary/aromatic N) is 1. The lowest BCUT2D eigenvalue weighted by Gasteiger charge is -2.10. The third kappa shape index (κ3) is 3.32. The van der Waals surface area contributed by atoms with E-state index in [1.54, 1.807) is 0 Å². The highest BCUT2D eigenvalue weighted by Crippen LogP contribution is 2.35. The fourth-order valence-electron chi connectivity index (χ4n) is 1.50. The lowest BCUT2D eigenvalue weighted by atomic mass is 10.1. The lowest BCUT2D eigenvalue weighted by Crippen LogP contribution is -2.05. The molecule has 0 radical (unpaired) electrons. The zero-order valence-electron chi connectivity index (χ0n) is 9.10. The Morgan fingerprint density at radius 1 is 0.947 bits per heavy atom. The zero-order chi connectivity index (χ0) is 14.2. The van der Waals surface area contributed by atoms with Gasteiger partial charge in [-0.2, -0.15) is 13.2 Å². The van der Waals surface area contributed by atoms with Gasteiger partial charge in [0.1, 0.15) is 5.15 Å². The van der Waals surface area contributed by atoms with Gasteiger partial charge in [0.05, 0.1) is 16.3 Å². The highest BCUT2D eigenvalue weighted by atomic mass is 35.5. The van der Waals surface area contributed by atoms with Crippen molar-refractivity contribution in [2.24, 2.45) is 0 Å². The van der Waals surface area contributed by atoms with E-state index >= 15 is 0 Å². The minimum absolute atomic E-state index is 0.0430. The van der Waals surface area contributed by atoms with Crippen molar-refractivity contribution >= 4 is 34.8 Å². The van der Waals surface area contributed by atoms with Gasteiger partial charge < -0.3 is 0 Å². The summed E-state index contributed by atoms with van der Waals surface area (Å²) in [6, 6.07) is 6.08. The van der Waals surface area contributed by atoms with Crippen molar-refractivity contribution in [3.63, 3.8) is 0 Å². The minimum atomic E-state index is -4.50. The molecule has 19 heavy (non-hydrogen) atoms. The molecule has 0 fully saturated rings. The van der Waals surface area contributed by atoms with Crippen molar-refractivity contribution in [2.45, 2.75) is 6.18 Å². The summed E-state index contributed by atoms with van der Waals surface area (Å²) in [5.41, 5.74) is -0.505. The quantitative estimate of drug-likeness (QED) is 0.610. The number of halogens is 6. The molecule has 0 bridgehead atoms. The van der Waals surface area contributed by atoms with Crippen molar-refractivity contribution in [2.75, 3.05) is 0 Å². The summed E-state index contributed by atoms with van der Waals surface area (Å²) in [7, 11) is 0. The van der Waals surface area contributed by atoms with Crippen LogP contribution in [0, 0.1) is 0 Å². The van der Waals surface area contributed by atoms with Gasteiger partial charge in [-0.15, -0.1) is 0 Å². The number of aromatic nitrogens is 1. The van der Waals surface area contributed by atoms with Gasteiger partial charge in [0.25, 0.3) is 0 Å². The number of hydrogen-bond donors (Lipinski definition) is 0. The minimum Gasteiger partial charge on any atom is -0.236 e. The molecule has 1 nitrogen and oxygen atoms in total. The maximum atomic E-state index is 12.7. The molecular formula is C12H5Cl3F3N. The molecule has 0 aliphatic heterocycles. The summed E-state index contributed by atoms with van der Waals surface area (Å²) in [6.45, 7) is 0. The SMILES string of the molecule is FC(F)(F)c1cc(Cl)nc(-c2ccc(Cl)cc2Cl)c1. The second kappa shape index (κ2) is 5.19. The van der Waals surface area contributed by atoms with Gasteiger partial charge in [-0.3, -0.25) is 0 Å². The van der Waals surface area contributed by atoms with Crippen molar-refractivity contribution < 1.29 is 13.2 Å². The number of hydrogen-bond acceptors (Lipinski definition) is 1. The lowest BCUT2D eigenvalue weighted by molar-refractivity contribution is -0.137. The topological polar surface area (TPSA) is 12.9 Å². The van der Waals surface area contributed by atoms with Crippen LogP contribution in [-0.4, -0.2) is 4.98 Å². The Balaban J connectivity index is 2.59. The van der Waals surface area contributed by atoms with Crippen LogP contribution in [0.1, 0.15) is 5.56 Å². The van der Waals surface area contributed by atoms with Gasteiger partial charge in [0.2, 0.25) is 0 Å². The molecule has 1 aromatic heterocycles. The van der Waals surface area contributed by atoms with E-state index in [1.165, 1.54) is 18.2 Å². The molecule has 2 rings (SSSR count). The Morgan fingerprint density at radius 2 is 1.63 bits per heavy atom. The van der Waals surface area contributed by atoms with Crippen molar-refractivity contribution in [3.8, 4) is 11.3 Å². The molecule has 0 unspecified atom stereocenters. The fourth-order valence-corrected chi connectivity index (χ4v) is 2.21. The van der Waals surface area contributed by atoms with Crippen molar-refractivity contribution in [3.05, 3.63) is 51.1 Å². The number of pyridine rings is 1. The number of alkyl halides is 3. The summed E-state index contributed by atoms with van der Waals surface area (Å²) in [5, 5.41) is 0.332. The van der Waals surface area contributed by atoms with Crippen LogP contribution in [0.5, 0.6) is 0 Å². The summed E-state index contributed by atoms with van der Waals surface area (Å²) >= 11 is 17.3. The maximum absolute atomic E-state index is 12.7. The van der Waals surface area contributed by atoms with E-state index < -0.39 is 11.7 Å². The molecule has 0 amide bonds. The van der Waals surface area contributed by atoms with Crippen LogP contribution in [0.4, 0.5) is 13.2 Å². The molecule has 0 atom stereocenters. The smallest absolute Gasteiger partial charge is 0.236 e. The Morgan fingerprint density at radius 3 is 2.21 bits per heavy atom. The average Bonchev–Trinajstić information content (AvgIpc) is 2.26. The van der Waals surface area contributed by atoms with Crippen LogP contribution in [0.25, 0.3) is 11.3 Å². The highest BCUT2D eigenvalue weighted by molar-refractivity contribution is 6.36. The number of benzene rings is 1. The van der Waals surface area contributed by atoms with E-state index in [0.29, 0.717) is 10.6 Å². The van der Waals surface area contributed by atoms with Gasteiger partial charge in [-0.05, 0) is 30.3 Å². The first-order valence-corrected chi connectivity index (χ1v) is 6.11. The first-order chi connectivity index (χ1) is 8.77. The van der Waals surface area contributed by atoms with E-state index in [-0.39, 0.29) is 15.9 Å². The third-order valence-electron chi connectivity index (χ3n) is 2.33. The largest absolute Gasteiger partial charge is 0.416 e. The molecule has 0 saturated heterocycles. The van der Waals surface area contributed by atoms with Crippen LogP contribution in [-0.2, 0) is 6.18 Å². The standard InChI is InChI=1S/C12H5Cl3F3N/c13-7-1-2-8(9(14)5-7)10-3-6(12(16,17)18)4-11(15)19-10/h1-5H. The van der Waals surface area contributed by atoms with E-state index in [9.17, 15) is 13.2 Å². The molecule has 1 heterocycles. The Bertz CT molecular complexity index is 626. The molecule has 0 saturated carbocycles. The predicted octanol–water partition coefficient (Wildman–Crippen LogP) is 5.73. The molecule has 2 aromatic rings. The van der Waals surface area contributed by atoms with Crippen LogP contribution in [0.2, 0.25) is 15.2 Å². The van der Waals surface area contributed by atoms with Crippen LogP contribution in [0.3, 0.4) is 0 Å².